The Morgan fingerprint density at radius 1 is 1.21 bits per heavy atom. The zero-order valence-corrected chi connectivity index (χ0v) is 11.8. The number of benzene rings is 1. The van der Waals surface area contributed by atoms with E-state index in [0.29, 0.717) is 5.92 Å². The van der Waals surface area contributed by atoms with Crippen molar-refractivity contribution in [3.8, 4) is 5.75 Å². The van der Waals surface area contributed by atoms with Crippen LogP contribution in [-0.4, -0.2) is 44.2 Å². The van der Waals surface area contributed by atoms with Crippen molar-refractivity contribution in [2.75, 3.05) is 33.3 Å². The third kappa shape index (κ3) is 2.93. The molecular weight excluding hydrogens is 236 g/mol. The van der Waals surface area contributed by atoms with Crippen LogP contribution >= 0.6 is 0 Å². The summed E-state index contributed by atoms with van der Waals surface area (Å²) in [5, 5.41) is 3.47. The SMILES string of the molecule is COc1cccc(C2CCN(C3CCNC3)CC2)c1. The van der Waals surface area contributed by atoms with Crippen molar-refractivity contribution in [2.24, 2.45) is 0 Å². The Kier molecular flexibility index (Phi) is 4.04. The Balaban J connectivity index is 1.59. The standard InChI is InChI=1S/C16H24N2O/c1-19-16-4-2-3-14(11-16)13-6-9-18(10-7-13)15-5-8-17-12-15/h2-4,11,13,15,17H,5-10,12H2,1H3. The van der Waals surface area contributed by atoms with E-state index in [2.05, 4.69) is 28.4 Å². The largest absolute Gasteiger partial charge is 0.497 e. The van der Waals surface area contributed by atoms with Gasteiger partial charge in [-0.05, 0) is 62.5 Å². The predicted molar refractivity (Wildman–Crippen MR) is 77.8 cm³/mol. The number of likely N-dealkylation sites (tertiary alicyclic amines) is 1. The number of nitrogens with zero attached hydrogens (tertiary/aromatic N) is 1. The average Bonchev–Trinajstić information content (AvgIpc) is 3.02. The number of methoxy groups -OCH3 is 1. The van der Waals surface area contributed by atoms with E-state index in [1.54, 1.807) is 7.11 Å². The van der Waals surface area contributed by atoms with Gasteiger partial charge in [0.2, 0.25) is 0 Å². The minimum absolute atomic E-state index is 0.709. The highest BCUT2D eigenvalue weighted by Crippen LogP contribution is 2.31. The van der Waals surface area contributed by atoms with Gasteiger partial charge in [-0.3, -0.25) is 4.90 Å². The van der Waals surface area contributed by atoms with Crippen molar-refractivity contribution in [1.82, 2.24) is 10.2 Å². The van der Waals surface area contributed by atoms with Crippen molar-refractivity contribution in [2.45, 2.75) is 31.2 Å². The Morgan fingerprint density at radius 2 is 2.05 bits per heavy atom. The summed E-state index contributed by atoms with van der Waals surface area (Å²) in [6.07, 6.45) is 3.89. The number of ether oxygens (including phenoxy) is 1. The average molecular weight is 260 g/mol. The summed E-state index contributed by atoms with van der Waals surface area (Å²) in [7, 11) is 1.74. The van der Waals surface area contributed by atoms with Crippen LogP contribution in [-0.2, 0) is 0 Å². The van der Waals surface area contributed by atoms with Gasteiger partial charge in [-0.15, -0.1) is 0 Å². The lowest BCUT2D eigenvalue weighted by Gasteiger charge is -2.35. The highest BCUT2D eigenvalue weighted by atomic mass is 16.5. The van der Waals surface area contributed by atoms with Crippen LogP contribution in [0.25, 0.3) is 0 Å². The Hall–Kier alpha value is -1.06. The molecule has 3 heteroatoms. The molecule has 3 nitrogen and oxygen atoms in total. The molecule has 2 heterocycles. The molecule has 0 aromatic heterocycles. The first-order chi connectivity index (χ1) is 9.36. The van der Waals surface area contributed by atoms with Gasteiger partial charge in [0, 0.05) is 12.6 Å². The van der Waals surface area contributed by atoms with Gasteiger partial charge >= 0.3 is 0 Å². The third-order valence-corrected chi connectivity index (χ3v) is 4.65. The summed E-state index contributed by atoms with van der Waals surface area (Å²) in [4.78, 5) is 2.68. The minimum Gasteiger partial charge on any atom is -0.497 e. The molecule has 2 aliphatic heterocycles. The maximum atomic E-state index is 5.33. The van der Waals surface area contributed by atoms with Crippen LogP contribution in [0.4, 0.5) is 0 Å². The molecule has 2 aliphatic rings. The van der Waals surface area contributed by atoms with Gasteiger partial charge in [-0.1, -0.05) is 12.1 Å². The van der Waals surface area contributed by atoms with Gasteiger partial charge in [0.25, 0.3) is 0 Å². The van der Waals surface area contributed by atoms with E-state index in [1.807, 2.05) is 6.07 Å². The fraction of sp³-hybridized carbons (Fsp3) is 0.625. The van der Waals surface area contributed by atoms with Crippen LogP contribution < -0.4 is 10.1 Å². The Labute approximate surface area is 115 Å². The number of rotatable bonds is 3. The van der Waals surface area contributed by atoms with Crippen molar-refractivity contribution >= 4 is 0 Å². The summed E-state index contributed by atoms with van der Waals surface area (Å²) in [6, 6.07) is 9.38. The van der Waals surface area contributed by atoms with Gasteiger partial charge in [0.05, 0.1) is 7.11 Å². The molecule has 0 radical (unpaired) electrons. The van der Waals surface area contributed by atoms with Crippen LogP contribution in [0.3, 0.4) is 0 Å². The molecule has 2 fully saturated rings. The van der Waals surface area contributed by atoms with Crippen LogP contribution in [0.1, 0.15) is 30.7 Å². The molecule has 104 valence electrons. The fourth-order valence-electron chi connectivity index (χ4n) is 3.44. The van der Waals surface area contributed by atoms with E-state index in [9.17, 15) is 0 Å². The molecule has 0 aliphatic carbocycles. The molecule has 0 bridgehead atoms. The number of hydrogen-bond donors (Lipinski definition) is 1. The maximum Gasteiger partial charge on any atom is 0.119 e. The van der Waals surface area contributed by atoms with E-state index < -0.39 is 0 Å². The van der Waals surface area contributed by atoms with Crippen LogP contribution in [0, 0.1) is 0 Å². The van der Waals surface area contributed by atoms with Gasteiger partial charge in [0.15, 0.2) is 0 Å². The quantitative estimate of drug-likeness (QED) is 0.902. The first kappa shape index (κ1) is 12.9. The lowest BCUT2D eigenvalue weighted by Crippen LogP contribution is -2.42. The lowest BCUT2D eigenvalue weighted by molar-refractivity contribution is 0.161. The smallest absolute Gasteiger partial charge is 0.119 e. The van der Waals surface area contributed by atoms with E-state index in [-0.39, 0.29) is 0 Å². The topological polar surface area (TPSA) is 24.5 Å². The number of nitrogens with one attached hydrogen (secondary N) is 1. The zero-order valence-electron chi connectivity index (χ0n) is 11.8. The monoisotopic (exact) mass is 260 g/mol. The normalized spacial score (nSPS) is 25.6. The highest BCUT2D eigenvalue weighted by molar-refractivity contribution is 5.31. The highest BCUT2D eigenvalue weighted by Gasteiger charge is 2.27. The van der Waals surface area contributed by atoms with Crippen LogP contribution in [0.15, 0.2) is 24.3 Å². The summed E-state index contributed by atoms with van der Waals surface area (Å²) >= 11 is 0. The van der Waals surface area contributed by atoms with E-state index >= 15 is 0 Å². The van der Waals surface area contributed by atoms with Crippen LogP contribution in [0.5, 0.6) is 5.75 Å². The van der Waals surface area contributed by atoms with Crippen LogP contribution in [0.2, 0.25) is 0 Å². The molecule has 2 saturated heterocycles. The number of hydrogen-bond acceptors (Lipinski definition) is 3. The molecule has 1 aromatic rings. The number of piperidine rings is 1. The van der Waals surface area contributed by atoms with Gasteiger partial charge < -0.3 is 10.1 Å². The molecular formula is C16H24N2O. The molecule has 0 spiro atoms. The summed E-state index contributed by atoms with van der Waals surface area (Å²) < 4.78 is 5.33. The summed E-state index contributed by atoms with van der Waals surface area (Å²) in [6.45, 7) is 4.87. The maximum absolute atomic E-state index is 5.33. The van der Waals surface area contributed by atoms with Gasteiger partial charge in [0.1, 0.15) is 5.75 Å². The lowest BCUT2D eigenvalue weighted by atomic mass is 9.88. The van der Waals surface area contributed by atoms with Gasteiger partial charge in [-0.25, -0.2) is 0 Å². The summed E-state index contributed by atoms with van der Waals surface area (Å²) in [5.41, 5.74) is 1.45. The second-order valence-corrected chi connectivity index (χ2v) is 5.73. The second-order valence-electron chi connectivity index (χ2n) is 5.73. The minimum atomic E-state index is 0.709. The molecule has 1 atom stereocenters. The molecule has 0 saturated carbocycles. The molecule has 3 rings (SSSR count). The first-order valence-corrected chi connectivity index (χ1v) is 7.45. The molecule has 19 heavy (non-hydrogen) atoms. The predicted octanol–water partition coefficient (Wildman–Crippen LogP) is 2.24. The first-order valence-electron chi connectivity index (χ1n) is 7.45. The summed E-state index contributed by atoms with van der Waals surface area (Å²) in [5.74, 6) is 1.70. The van der Waals surface area contributed by atoms with Crippen molar-refractivity contribution in [1.29, 1.82) is 0 Å². The van der Waals surface area contributed by atoms with Gasteiger partial charge in [-0.2, -0.15) is 0 Å². The van der Waals surface area contributed by atoms with Crippen molar-refractivity contribution in [3.05, 3.63) is 29.8 Å². The molecule has 1 aromatic carbocycles. The van der Waals surface area contributed by atoms with E-state index in [1.165, 1.54) is 51.0 Å². The molecule has 1 unspecified atom stereocenters. The molecule has 0 amide bonds. The van der Waals surface area contributed by atoms with Crippen molar-refractivity contribution in [3.63, 3.8) is 0 Å². The fourth-order valence-corrected chi connectivity index (χ4v) is 3.44. The third-order valence-electron chi connectivity index (χ3n) is 4.65. The zero-order chi connectivity index (χ0) is 13.1. The van der Waals surface area contributed by atoms with Crippen molar-refractivity contribution < 1.29 is 4.74 Å². The van der Waals surface area contributed by atoms with E-state index in [0.717, 1.165) is 11.8 Å². The van der Waals surface area contributed by atoms with E-state index in [4.69, 9.17) is 4.74 Å². The Morgan fingerprint density at radius 3 is 2.74 bits per heavy atom. The second kappa shape index (κ2) is 5.93. The molecule has 1 N–H and O–H groups in total. The Bertz CT molecular complexity index is 407.